The van der Waals surface area contributed by atoms with Gasteiger partial charge in [0.25, 0.3) is 0 Å². The highest BCUT2D eigenvalue weighted by molar-refractivity contribution is 6.09. The highest BCUT2D eigenvalue weighted by Crippen LogP contribution is 2.45. The summed E-state index contributed by atoms with van der Waals surface area (Å²) >= 11 is 0. The van der Waals surface area contributed by atoms with Crippen molar-refractivity contribution < 1.29 is 23.8 Å². The molecule has 1 aliphatic heterocycles. The van der Waals surface area contributed by atoms with Gasteiger partial charge in [0.05, 0.1) is 50.2 Å². The van der Waals surface area contributed by atoms with Crippen molar-refractivity contribution in [3.8, 4) is 11.8 Å². The smallest absolute Gasteiger partial charge is 0.355 e. The number of methoxy groups -OCH3 is 3. The number of allylic oxidation sites excluding steroid dienone is 1. The maximum Gasteiger partial charge on any atom is 0.355 e. The molecule has 0 spiro atoms. The molecule has 4 rings (SSSR count). The van der Waals surface area contributed by atoms with Gasteiger partial charge in [-0.15, -0.1) is 0 Å². The number of hydrogen-bond acceptors (Lipinski definition) is 8. The van der Waals surface area contributed by atoms with Crippen LogP contribution in [0.25, 0.3) is 10.8 Å². The van der Waals surface area contributed by atoms with Crippen LogP contribution in [0.3, 0.4) is 0 Å². The van der Waals surface area contributed by atoms with Crippen LogP contribution < -0.4 is 15.4 Å². The minimum atomic E-state index is -0.927. The summed E-state index contributed by atoms with van der Waals surface area (Å²) in [5.41, 5.74) is 7.61. The van der Waals surface area contributed by atoms with Crippen LogP contribution in [0.1, 0.15) is 11.5 Å². The Morgan fingerprint density at radius 1 is 0.886 bits per heavy atom. The van der Waals surface area contributed by atoms with Crippen molar-refractivity contribution in [2.24, 2.45) is 5.73 Å². The first kappa shape index (κ1) is 23.4. The Bertz CT molecular complexity index is 1420. The normalized spacial score (nSPS) is 15.6. The lowest BCUT2D eigenvalue weighted by atomic mass is 9.80. The molecule has 1 aliphatic rings. The number of fused-ring (bicyclic) bond motifs is 1. The second-order valence-electron chi connectivity index (χ2n) is 7.67. The van der Waals surface area contributed by atoms with Gasteiger partial charge in [-0.3, -0.25) is 4.90 Å². The summed E-state index contributed by atoms with van der Waals surface area (Å²) in [4.78, 5) is 27.8. The minimum absolute atomic E-state index is 0.00438. The van der Waals surface area contributed by atoms with Gasteiger partial charge >= 0.3 is 11.9 Å². The van der Waals surface area contributed by atoms with E-state index >= 15 is 0 Å². The standard InChI is InChI=1S/C27H23N3O5/c1-33-21-14-13-20(17-11-7-8-12-18(17)21)30-24(27(32)35-3)23(26(31)34-2)22(19(15-28)25(30)29)16-9-5-4-6-10-16/h4-14,22H,29H2,1-3H3. The number of benzene rings is 3. The second-order valence-corrected chi connectivity index (χ2v) is 7.67. The monoisotopic (exact) mass is 469 g/mol. The van der Waals surface area contributed by atoms with Crippen LogP contribution >= 0.6 is 0 Å². The molecule has 176 valence electrons. The van der Waals surface area contributed by atoms with Gasteiger partial charge < -0.3 is 19.9 Å². The number of nitrogens with zero attached hydrogens (tertiary/aromatic N) is 2. The summed E-state index contributed by atoms with van der Waals surface area (Å²) in [6, 6.07) is 21.8. The van der Waals surface area contributed by atoms with Gasteiger partial charge in [-0.25, -0.2) is 9.59 Å². The number of carbonyl (C=O) groups is 2. The number of anilines is 1. The molecule has 0 amide bonds. The fraction of sp³-hybridized carbons (Fsp3) is 0.148. The van der Waals surface area contributed by atoms with Crippen molar-refractivity contribution in [1.29, 1.82) is 5.26 Å². The summed E-state index contributed by atoms with van der Waals surface area (Å²) in [7, 11) is 3.99. The van der Waals surface area contributed by atoms with E-state index in [9.17, 15) is 14.9 Å². The van der Waals surface area contributed by atoms with Crippen LogP contribution in [0.2, 0.25) is 0 Å². The van der Waals surface area contributed by atoms with Gasteiger partial charge in [-0.1, -0.05) is 54.6 Å². The Kier molecular flexibility index (Phi) is 6.42. The summed E-state index contributed by atoms with van der Waals surface area (Å²) in [6.07, 6.45) is 0. The minimum Gasteiger partial charge on any atom is -0.496 e. The lowest BCUT2D eigenvalue weighted by Crippen LogP contribution is -2.40. The summed E-state index contributed by atoms with van der Waals surface area (Å²) < 4.78 is 15.7. The average Bonchev–Trinajstić information content (AvgIpc) is 2.91. The zero-order chi connectivity index (χ0) is 25.1. The number of rotatable bonds is 5. The lowest BCUT2D eigenvalue weighted by molar-refractivity contribution is -0.139. The third-order valence-electron chi connectivity index (χ3n) is 5.93. The molecule has 0 saturated heterocycles. The highest BCUT2D eigenvalue weighted by Gasteiger charge is 2.43. The van der Waals surface area contributed by atoms with Gasteiger partial charge in [0.15, 0.2) is 0 Å². The third kappa shape index (κ3) is 3.83. The zero-order valence-corrected chi connectivity index (χ0v) is 19.4. The first-order valence-electron chi connectivity index (χ1n) is 10.7. The van der Waals surface area contributed by atoms with Gasteiger partial charge in [0, 0.05) is 10.8 Å². The number of nitriles is 1. The molecule has 0 fully saturated rings. The molecule has 35 heavy (non-hydrogen) atoms. The first-order chi connectivity index (χ1) is 17.0. The number of ether oxygens (including phenoxy) is 3. The highest BCUT2D eigenvalue weighted by atomic mass is 16.5. The van der Waals surface area contributed by atoms with E-state index in [0.717, 1.165) is 5.39 Å². The van der Waals surface area contributed by atoms with Crippen LogP contribution in [0.5, 0.6) is 5.75 Å². The number of nitrogens with two attached hydrogens (primary N) is 1. The van der Waals surface area contributed by atoms with E-state index in [1.807, 2.05) is 30.3 Å². The Morgan fingerprint density at radius 3 is 2.11 bits per heavy atom. The Balaban J connectivity index is 2.13. The van der Waals surface area contributed by atoms with Crippen molar-refractivity contribution in [2.45, 2.75) is 5.92 Å². The largest absolute Gasteiger partial charge is 0.496 e. The number of carbonyl (C=O) groups excluding carboxylic acids is 2. The summed E-state index contributed by atoms with van der Waals surface area (Å²) in [5, 5.41) is 11.6. The molecule has 0 saturated carbocycles. The molecular weight excluding hydrogens is 446 g/mol. The third-order valence-corrected chi connectivity index (χ3v) is 5.93. The maximum absolute atomic E-state index is 13.2. The molecule has 0 aliphatic carbocycles. The summed E-state index contributed by atoms with van der Waals surface area (Å²) in [6.45, 7) is 0. The van der Waals surface area contributed by atoms with E-state index in [1.165, 1.54) is 19.1 Å². The second kappa shape index (κ2) is 9.61. The van der Waals surface area contributed by atoms with Gasteiger partial charge in [0.1, 0.15) is 17.3 Å². The van der Waals surface area contributed by atoms with E-state index in [2.05, 4.69) is 6.07 Å². The van der Waals surface area contributed by atoms with Crippen LogP contribution in [-0.2, 0) is 19.1 Å². The molecule has 8 heteroatoms. The summed E-state index contributed by atoms with van der Waals surface area (Å²) in [5.74, 6) is -1.88. The first-order valence-corrected chi connectivity index (χ1v) is 10.7. The van der Waals surface area contributed by atoms with Crippen LogP contribution in [0.15, 0.2) is 89.4 Å². The quantitative estimate of drug-likeness (QED) is 0.562. The Labute approximate surface area is 202 Å². The molecule has 8 nitrogen and oxygen atoms in total. The average molecular weight is 469 g/mol. The molecule has 2 N–H and O–H groups in total. The molecule has 3 aromatic carbocycles. The van der Waals surface area contributed by atoms with E-state index in [-0.39, 0.29) is 22.7 Å². The lowest BCUT2D eigenvalue weighted by Gasteiger charge is -2.36. The molecule has 0 bridgehead atoms. The van der Waals surface area contributed by atoms with Gasteiger partial charge in [-0.2, -0.15) is 5.26 Å². The number of esters is 2. The van der Waals surface area contributed by atoms with Gasteiger partial charge in [-0.05, 0) is 17.7 Å². The molecule has 3 aromatic rings. The van der Waals surface area contributed by atoms with E-state index < -0.39 is 17.9 Å². The molecule has 0 radical (unpaired) electrons. The van der Waals surface area contributed by atoms with E-state index in [0.29, 0.717) is 22.4 Å². The molecule has 0 aromatic heterocycles. The van der Waals surface area contributed by atoms with Gasteiger partial charge in [0.2, 0.25) is 0 Å². The fourth-order valence-electron chi connectivity index (χ4n) is 4.39. The Hall–Kier alpha value is -4.77. The van der Waals surface area contributed by atoms with Crippen LogP contribution in [0.4, 0.5) is 5.69 Å². The van der Waals surface area contributed by atoms with Crippen LogP contribution in [-0.4, -0.2) is 33.3 Å². The predicted molar refractivity (Wildman–Crippen MR) is 130 cm³/mol. The molecule has 1 atom stereocenters. The van der Waals surface area contributed by atoms with E-state index in [1.54, 1.807) is 43.5 Å². The van der Waals surface area contributed by atoms with Crippen molar-refractivity contribution in [3.63, 3.8) is 0 Å². The molecule has 1 heterocycles. The van der Waals surface area contributed by atoms with Crippen molar-refractivity contribution in [1.82, 2.24) is 0 Å². The molecule has 1 unspecified atom stereocenters. The fourth-order valence-corrected chi connectivity index (χ4v) is 4.39. The Morgan fingerprint density at radius 2 is 1.51 bits per heavy atom. The predicted octanol–water partition coefficient (Wildman–Crippen LogP) is 3.75. The van der Waals surface area contributed by atoms with E-state index in [4.69, 9.17) is 19.9 Å². The van der Waals surface area contributed by atoms with Crippen molar-refractivity contribution in [3.05, 3.63) is 95.0 Å². The SMILES string of the molecule is COC(=O)C1=C(C(=O)OC)N(c2ccc(OC)c3ccccc23)C(N)=C(C#N)C1c1ccccc1. The number of hydrogen-bond donors (Lipinski definition) is 1. The topological polar surface area (TPSA) is 115 Å². The van der Waals surface area contributed by atoms with Crippen molar-refractivity contribution >= 4 is 28.4 Å². The molecular formula is C27H23N3O5. The van der Waals surface area contributed by atoms with Crippen LogP contribution in [0, 0.1) is 11.3 Å². The zero-order valence-electron chi connectivity index (χ0n) is 19.4. The van der Waals surface area contributed by atoms with Crippen molar-refractivity contribution in [2.75, 3.05) is 26.2 Å². The maximum atomic E-state index is 13.2.